The number of rotatable bonds is 1. The van der Waals surface area contributed by atoms with Crippen molar-refractivity contribution in [3.63, 3.8) is 0 Å². The molecule has 13 heavy (non-hydrogen) atoms. The molecule has 0 amide bonds. The summed E-state index contributed by atoms with van der Waals surface area (Å²) in [6.07, 6.45) is 1.87. The number of aryl methyl sites for hydroxylation is 1. The molecule has 2 nitrogen and oxygen atoms in total. The number of benzene rings is 1. The fourth-order valence-electron chi connectivity index (χ4n) is 1.61. The molecule has 2 rings (SSSR count). The summed E-state index contributed by atoms with van der Waals surface area (Å²) >= 11 is 0. The average molecular weight is 182 g/mol. The number of ether oxygens (including phenoxy) is 1. The second-order valence-corrected chi connectivity index (χ2v) is 3.12. The largest absolute Gasteiger partial charge is 0.493 e. The molecular weight excluding hydrogens is 171 g/mol. The van der Waals surface area contributed by atoms with Gasteiger partial charge in [0.2, 0.25) is 0 Å². The summed E-state index contributed by atoms with van der Waals surface area (Å²) in [4.78, 5) is 0. The molecule has 0 radical (unpaired) electrons. The predicted molar refractivity (Wildman–Crippen MR) is 46.1 cm³/mol. The van der Waals surface area contributed by atoms with E-state index in [9.17, 15) is 4.39 Å². The van der Waals surface area contributed by atoms with Gasteiger partial charge in [-0.2, -0.15) is 0 Å². The quantitative estimate of drug-likeness (QED) is 0.715. The topological polar surface area (TPSA) is 29.5 Å². The van der Waals surface area contributed by atoms with Gasteiger partial charge in [-0.25, -0.2) is 4.39 Å². The SMILES string of the molecule is OCc1c(F)ccc2c1OCCC2. The van der Waals surface area contributed by atoms with Crippen molar-refractivity contribution >= 4 is 0 Å². The Morgan fingerprint density at radius 1 is 1.46 bits per heavy atom. The first kappa shape index (κ1) is 8.51. The van der Waals surface area contributed by atoms with E-state index in [2.05, 4.69) is 0 Å². The lowest BCUT2D eigenvalue weighted by molar-refractivity contribution is 0.245. The van der Waals surface area contributed by atoms with Crippen LogP contribution in [0.2, 0.25) is 0 Å². The van der Waals surface area contributed by atoms with Crippen molar-refractivity contribution in [2.45, 2.75) is 19.4 Å². The van der Waals surface area contributed by atoms with Gasteiger partial charge in [-0.3, -0.25) is 0 Å². The number of hydrogen-bond donors (Lipinski definition) is 1. The fraction of sp³-hybridized carbons (Fsp3) is 0.400. The van der Waals surface area contributed by atoms with Gasteiger partial charge >= 0.3 is 0 Å². The van der Waals surface area contributed by atoms with Crippen molar-refractivity contribution in [3.05, 3.63) is 29.1 Å². The molecule has 0 unspecified atom stereocenters. The van der Waals surface area contributed by atoms with Crippen LogP contribution < -0.4 is 4.74 Å². The minimum Gasteiger partial charge on any atom is -0.493 e. The molecule has 1 N–H and O–H groups in total. The van der Waals surface area contributed by atoms with Crippen molar-refractivity contribution in [1.29, 1.82) is 0 Å². The molecule has 1 aromatic rings. The molecule has 1 aliphatic heterocycles. The Hall–Kier alpha value is -1.09. The molecule has 0 saturated heterocycles. The van der Waals surface area contributed by atoms with Crippen LogP contribution in [0.1, 0.15) is 17.5 Å². The molecular formula is C10H11FO2. The highest BCUT2D eigenvalue weighted by Gasteiger charge is 2.17. The Balaban J connectivity index is 2.52. The molecule has 0 saturated carbocycles. The molecule has 0 aliphatic carbocycles. The molecule has 1 aromatic carbocycles. The summed E-state index contributed by atoms with van der Waals surface area (Å²) in [7, 11) is 0. The molecule has 0 fully saturated rings. The zero-order chi connectivity index (χ0) is 9.26. The minimum atomic E-state index is -0.386. The van der Waals surface area contributed by atoms with Crippen LogP contribution in [-0.4, -0.2) is 11.7 Å². The summed E-state index contributed by atoms with van der Waals surface area (Å²) in [6, 6.07) is 3.11. The molecule has 1 aliphatic rings. The summed E-state index contributed by atoms with van der Waals surface area (Å²) in [5, 5.41) is 8.95. The van der Waals surface area contributed by atoms with Gasteiger partial charge in [0, 0.05) is 0 Å². The number of halogens is 1. The third-order valence-corrected chi connectivity index (χ3v) is 2.28. The normalized spacial score (nSPS) is 14.9. The van der Waals surface area contributed by atoms with Gasteiger partial charge < -0.3 is 9.84 Å². The second-order valence-electron chi connectivity index (χ2n) is 3.12. The molecule has 70 valence electrons. The van der Waals surface area contributed by atoms with E-state index in [1.807, 2.05) is 0 Å². The van der Waals surface area contributed by atoms with E-state index in [0.29, 0.717) is 12.4 Å². The van der Waals surface area contributed by atoms with E-state index in [1.165, 1.54) is 6.07 Å². The summed E-state index contributed by atoms with van der Waals surface area (Å²) in [6.45, 7) is 0.318. The van der Waals surface area contributed by atoms with Crippen LogP contribution in [0, 0.1) is 5.82 Å². The highest BCUT2D eigenvalue weighted by Crippen LogP contribution is 2.30. The number of fused-ring (bicyclic) bond motifs is 1. The Labute approximate surface area is 76.0 Å². The lowest BCUT2D eigenvalue weighted by Crippen LogP contribution is -2.11. The number of aliphatic hydroxyl groups excluding tert-OH is 1. The van der Waals surface area contributed by atoms with Gasteiger partial charge in [-0.05, 0) is 24.5 Å². The molecule has 3 heteroatoms. The molecule has 0 spiro atoms. The molecule has 0 bridgehead atoms. The van der Waals surface area contributed by atoms with Gasteiger partial charge in [-0.1, -0.05) is 6.07 Å². The van der Waals surface area contributed by atoms with Crippen LogP contribution in [0.5, 0.6) is 5.75 Å². The van der Waals surface area contributed by atoms with Crippen molar-refractivity contribution in [2.75, 3.05) is 6.61 Å². The van der Waals surface area contributed by atoms with Gasteiger partial charge in [0.05, 0.1) is 18.8 Å². The van der Waals surface area contributed by atoms with Crippen LogP contribution in [0.15, 0.2) is 12.1 Å². The Morgan fingerprint density at radius 2 is 2.31 bits per heavy atom. The monoisotopic (exact) mass is 182 g/mol. The first-order valence-corrected chi connectivity index (χ1v) is 4.37. The molecule has 0 atom stereocenters. The van der Waals surface area contributed by atoms with Crippen LogP contribution in [0.4, 0.5) is 4.39 Å². The first-order chi connectivity index (χ1) is 6.33. The maximum atomic E-state index is 13.1. The number of hydrogen-bond acceptors (Lipinski definition) is 2. The smallest absolute Gasteiger partial charge is 0.132 e. The average Bonchev–Trinajstić information content (AvgIpc) is 2.18. The van der Waals surface area contributed by atoms with E-state index < -0.39 is 0 Å². The second kappa shape index (κ2) is 3.34. The predicted octanol–water partition coefficient (Wildman–Crippen LogP) is 1.64. The van der Waals surface area contributed by atoms with Crippen LogP contribution in [0.25, 0.3) is 0 Å². The summed E-state index contributed by atoms with van der Waals surface area (Å²) in [5.74, 6) is 0.164. The maximum absolute atomic E-state index is 13.1. The third kappa shape index (κ3) is 1.40. The van der Waals surface area contributed by atoms with Gasteiger partial charge in [-0.15, -0.1) is 0 Å². The molecule has 1 heterocycles. The first-order valence-electron chi connectivity index (χ1n) is 4.37. The zero-order valence-corrected chi connectivity index (χ0v) is 7.22. The van der Waals surface area contributed by atoms with E-state index in [-0.39, 0.29) is 18.0 Å². The zero-order valence-electron chi connectivity index (χ0n) is 7.22. The number of aliphatic hydroxyl groups is 1. The van der Waals surface area contributed by atoms with Crippen molar-refractivity contribution in [1.82, 2.24) is 0 Å². The van der Waals surface area contributed by atoms with Crippen molar-refractivity contribution < 1.29 is 14.2 Å². The van der Waals surface area contributed by atoms with E-state index in [4.69, 9.17) is 9.84 Å². The van der Waals surface area contributed by atoms with E-state index >= 15 is 0 Å². The Bertz CT molecular complexity index is 323. The summed E-state index contributed by atoms with van der Waals surface area (Å²) < 4.78 is 18.5. The lowest BCUT2D eigenvalue weighted by Gasteiger charge is -2.19. The van der Waals surface area contributed by atoms with Crippen molar-refractivity contribution in [2.24, 2.45) is 0 Å². The van der Waals surface area contributed by atoms with Crippen LogP contribution >= 0.6 is 0 Å². The lowest BCUT2D eigenvalue weighted by atomic mass is 10.0. The summed E-state index contributed by atoms with van der Waals surface area (Å²) in [5.41, 5.74) is 1.29. The van der Waals surface area contributed by atoms with Crippen LogP contribution in [0.3, 0.4) is 0 Å². The van der Waals surface area contributed by atoms with Crippen LogP contribution in [-0.2, 0) is 13.0 Å². The fourth-order valence-corrected chi connectivity index (χ4v) is 1.61. The minimum absolute atomic E-state index is 0.289. The van der Waals surface area contributed by atoms with Gasteiger partial charge in [0.1, 0.15) is 11.6 Å². The maximum Gasteiger partial charge on any atom is 0.132 e. The standard InChI is InChI=1S/C10H11FO2/c11-9-4-3-7-2-1-5-13-10(7)8(9)6-12/h3-4,12H,1-2,5-6H2. The van der Waals surface area contributed by atoms with Gasteiger partial charge in [0.25, 0.3) is 0 Å². The Kier molecular flexibility index (Phi) is 2.19. The highest BCUT2D eigenvalue weighted by atomic mass is 19.1. The third-order valence-electron chi connectivity index (χ3n) is 2.28. The Morgan fingerprint density at radius 3 is 3.08 bits per heavy atom. The molecule has 0 aromatic heterocycles. The van der Waals surface area contributed by atoms with Gasteiger partial charge in [0.15, 0.2) is 0 Å². The highest BCUT2D eigenvalue weighted by molar-refractivity contribution is 5.43. The van der Waals surface area contributed by atoms with E-state index in [1.54, 1.807) is 6.07 Å². The van der Waals surface area contributed by atoms with E-state index in [0.717, 1.165) is 18.4 Å². The van der Waals surface area contributed by atoms with Crippen molar-refractivity contribution in [3.8, 4) is 5.75 Å².